The number of ketones is 1. The number of hydrogen-bond acceptors (Lipinski definition) is 2. The standard InChI is InChI=1S/C10H18O2/c1-4-9(11)10(12-3)7-5-6-8(10)2/h8H,4-7H2,1-3H3. The van der Waals surface area contributed by atoms with E-state index in [-0.39, 0.29) is 5.78 Å². The molecule has 1 saturated carbocycles. The van der Waals surface area contributed by atoms with Gasteiger partial charge in [-0.15, -0.1) is 0 Å². The summed E-state index contributed by atoms with van der Waals surface area (Å²) < 4.78 is 5.41. The molecule has 70 valence electrons. The van der Waals surface area contributed by atoms with E-state index in [4.69, 9.17) is 4.74 Å². The second-order valence-electron chi connectivity index (χ2n) is 3.66. The Morgan fingerprint density at radius 3 is 2.67 bits per heavy atom. The normalized spacial score (nSPS) is 35.4. The van der Waals surface area contributed by atoms with Gasteiger partial charge in [0.2, 0.25) is 0 Å². The van der Waals surface area contributed by atoms with Gasteiger partial charge in [0.05, 0.1) is 0 Å². The molecule has 0 amide bonds. The molecule has 0 aromatic rings. The Labute approximate surface area is 74.3 Å². The third-order valence-corrected chi connectivity index (χ3v) is 3.14. The van der Waals surface area contributed by atoms with Crippen molar-refractivity contribution in [2.75, 3.05) is 7.11 Å². The fraction of sp³-hybridized carbons (Fsp3) is 0.900. The maximum atomic E-state index is 11.7. The predicted molar refractivity (Wildman–Crippen MR) is 48.1 cm³/mol. The average Bonchev–Trinajstić information content (AvgIpc) is 2.46. The van der Waals surface area contributed by atoms with E-state index in [1.807, 2.05) is 6.92 Å². The maximum absolute atomic E-state index is 11.7. The summed E-state index contributed by atoms with van der Waals surface area (Å²) in [7, 11) is 1.66. The van der Waals surface area contributed by atoms with Crippen LogP contribution < -0.4 is 0 Å². The smallest absolute Gasteiger partial charge is 0.164 e. The second kappa shape index (κ2) is 3.56. The van der Waals surface area contributed by atoms with Crippen LogP contribution in [0, 0.1) is 5.92 Å². The van der Waals surface area contributed by atoms with Crippen molar-refractivity contribution >= 4 is 5.78 Å². The molecule has 0 spiro atoms. The van der Waals surface area contributed by atoms with Gasteiger partial charge in [0.15, 0.2) is 5.78 Å². The molecule has 0 aliphatic heterocycles. The molecule has 1 fully saturated rings. The Balaban J connectivity index is 2.81. The summed E-state index contributed by atoms with van der Waals surface area (Å²) in [5.41, 5.74) is -0.436. The number of carbonyl (C=O) groups is 1. The first-order chi connectivity index (χ1) is 5.67. The summed E-state index contributed by atoms with van der Waals surface area (Å²) >= 11 is 0. The van der Waals surface area contributed by atoms with Crippen LogP contribution in [-0.2, 0) is 9.53 Å². The van der Waals surface area contributed by atoms with Crippen LogP contribution in [0.1, 0.15) is 39.5 Å². The summed E-state index contributed by atoms with van der Waals surface area (Å²) in [5, 5.41) is 0. The van der Waals surface area contributed by atoms with Crippen LogP contribution in [-0.4, -0.2) is 18.5 Å². The van der Waals surface area contributed by atoms with Crippen LogP contribution in [0.15, 0.2) is 0 Å². The minimum absolute atomic E-state index is 0.273. The van der Waals surface area contributed by atoms with E-state index in [2.05, 4.69) is 6.92 Å². The molecule has 1 rings (SSSR count). The highest BCUT2D eigenvalue weighted by molar-refractivity contribution is 5.87. The lowest BCUT2D eigenvalue weighted by atomic mass is 9.86. The summed E-state index contributed by atoms with van der Waals surface area (Å²) in [4.78, 5) is 11.7. The Bertz CT molecular complexity index is 177. The summed E-state index contributed by atoms with van der Waals surface area (Å²) in [5.74, 6) is 0.671. The highest BCUT2D eigenvalue weighted by atomic mass is 16.5. The quantitative estimate of drug-likeness (QED) is 0.649. The first-order valence-electron chi connectivity index (χ1n) is 4.75. The van der Waals surface area contributed by atoms with Crippen molar-refractivity contribution in [3.05, 3.63) is 0 Å². The van der Waals surface area contributed by atoms with E-state index in [1.165, 1.54) is 0 Å². The van der Waals surface area contributed by atoms with Crippen LogP contribution in [0.3, 0.4) is 0 Å². The van der Waals surface area contributed by atoms with E-state index < -0.39 is 5.60 Å². The minimum atomic E-state index is -0.436. The first-order valence-corrected chi connectivity index (χ1v) is 4.75. The van der Waals surface area contributed by atoms with Crippen molar-refractivity contribution in [2.24, 2.45) is 5.92 Å². The molecule has 0 bridgehead atoms. The molecular formula is C10H18O2. The largest absolute Gasteiger partial charge is 0.370 e. The second-order valence-corrected chi connectivity index (χ2v) is 3.66. The molecule has 0 aromatic heterocycles. The van der Waals surface area contributed by atoms with Crippen molar-refractivity contribution in [2.45, 2.75) is 45.1 Å². The average molecular weight is 170 g/mol. The highest BCUT2D eigenvalue weighted by Crippen LogP contribution is 2.39. The Hall–Kier alpha value is -0.370. The van der Waals surface area contributed by atoms with E-state index in [9.17, 15) is 4.79 Å². The lowest BCUT2D eigenvalue weighted by Crippen LogP contribution is -2.42. The van der Waals surface area contributed by atoms with Crippen LogP contribution in [0.2, 0.25) is 0 Å². The molecule has 0 N–H and O–H groups in total. The van der Waals surface area contributed by atoms with E-state index in [0.29, 0.717) is 12.3 Å². The highest BCUT2D eigenvalue weighted by Gasteiger charge is 2.45. The number of methoxy groups -OCH3 is 1. The molecule has 2 heteroatoms. The lowest BCUT2D eigenvalue weighted by molar-refractivity contribution is -0.144. The number of carbonyl (C=O) groups excluding carboxylic acids is 1. The zero-order valence-electron chi connectivity index (χ0n) is 8.22. The number of Topliss-reactive ketones (excluding diaryl/α,β-unsaturated/α-hetero) is 1. The van der Waals surface area contributed by atoms with Gasteiger partial charge in [-0.2, -0.15) is 0 Å². The first kappa shape index (κ1) is 9.72. The molecule has 12 heavy (non-hydrogen) atoms. The Kier molecular flexibility index (Phi) is 2.89. The van der Waals surface area contributed by atoms with Gasteiger partial charge in [-0.05, 0) is 25.2 Å². The number of rotatable bonds is 3. The van der Waals surface area contributed by atoms with Crippen LogP contribution in [0.25, 0.3) is 0 Å². The fourth-order valence-electron chi connectivity index (χ4n) is 2.28. The van der Waals surface area contributed by atoms with Gasteiger partial charge in [0.25, 0.3) is 0 Å². The molecule has 1 aliphatic rings. The molecule has 1 aliphatic carbocycles. The van der Waals surface area contributed by atoms with Crippen molar-refractivity contribution in [3.8, 4) is 0 Å². The zero-order chi connectivity index (χ0) is 9.19. The Morgan fingerprint density at radius 1 is 1.67 bits per heavy atom. The molecule has 2 unspecified atom stereocenters. The van der Waals surface area contributed by atoms with Crippen LogP contribution >= 0.6 is 0 Å². The topological polar surface area (TPSA) is 26.3 Å². The predicted octanol–water partition coefficient (Wildman–Crippen LogP) is 2.17. The van der Waals surface area contributed by atoms with E-state index >= 15 is 0 Å². The van der Waals surface area contributed by atoms with Crippen molar-refractivity contribution < 1.29 is 9.53 Å². The SMILES string of the molecule is CCC(=O)C1(OC)CCCC1C. The monoisotopic (exact) mass is 170 g/mol. The van der Waals surface area contributed by atoms with Crippen LogP contribution in [0.5, 0.6) is 0 Å². The van der Waals surface area contributed by atoms with Gasteiger partial charge in [-0.3, -0.25) is 4.79 Å². The maximum Gasteiger partial charge on any atom is 0.164 e. The van der Waals surface area contributed by atoms with Gasteiger partial charge in [-0.1, -0.05) is 13.8 Å². The zero-order valence-corrected chi connectivity index (χ0v) is 8.22. The van der Waals surface area contributed by atoms with Gasteiger partial charge in [0, 0.05) is 13.5 Å². The Morgan fingerprint density at radius 2 is 2.33 bits per heavy atom. The molecule has 0 heterocycles. The summed E-state index contributed by atoms with van der Waals surface area (Å²) in [6.07, 6.45) is 3.76. The molecule has 0 radical (unpaired) electrons. The lowest BCUT2D eigenvalue weighted by Gasteiger charge is -2.30. The van der Waals surface area contributed by atoms with Gasteiger partial charge in [-0.25, -0.2) is 0 Å². The molecule has 2 atom stereocenters. The van der Waals surface area contributed by atoms with Crippen LogP contribution in [0.4, 0.5) is 0 Å². The minimum Gasteiger partial charge on any atom is -0.370 e. The van der Waals surface area contributed by atoms with Gasteiger partial charge in [0.1, 0.15) is 5.60 Å². The van der Waals surface area contributed by atoms with Gasteiger partial charge < -0.3 is 4.74 Å². The van der Waals surface area contributed by atoms with E-state index in [1.54, 1.807) is 7.11 Å². The van der Waals surface area contributed by atoms with Crippen molar-refractivity contribution in [1.82, 2.24) is 0 Å². The summed E-state index contributed by atoms with van der Waals surface area (Å²) in [6.45, 7) is 4.03. The fourth-order valence-corrected chi connectivity index (χ4v) is 2.28. The van der Waals surface area contributed by atoms with Crippen molar-refractivity contribution in [1.29, 1.82) is 0 Å². The summed E-state index contributed by atoms with van der Waals surface area (Å²) in [6, 6.07) is 0. The molecular weight excluding hydrogens is 152 g/mol. The number of ether oxygens (including phenoxy) is 1. The molecule has 2 nitrogen and oxygen atoms in total. The number of hydrogen-bond donors (Lipinski definition) is 0. The van der Waals surface area contributed by atoms with Gasteiger partial charge >= 0.3 is 0 Å². The molecule has 0 saturated heterocycles. The molecule has 0 aromatic carbocycles. The van der Waals surface area contributed by atoms with E-state index in [0.717, 1.165) is 19.3 Å². The van der Waals surface area contributed by atoms with Crippen molar-refractivity contribution in [3.63, 3.8) is 0 Å². The third kappa shape index (κ3) is 1.28. The third-order valence-electron chi connectivity index (χ3n) is 3.14.